The average molecular weight is 226 g/mol. The molecule has 15 heavy (non-hydrogen) atoms. The first-order valence-electron chi connectivity index (χ1n) is 5.57. The molecule has 0 saturated heterocycles. The molecule has 2 rings (SSSR count). The molecule has 1 N–H and O–H groups in total. The zero-order valence-corrected chi connectivity index (χ0v) is 10.2. The molecule has 84 valence electrons. The summed E-state index contributed by atoms with van der Waals surface area (Å²) in [4.78, 5) is 2.53. The quantitative estimate of drug-likeness (QED) is 0.802. The molecule has 1 aromatic rings. The molecule has 0 aliphatic heterocycles. The van der Waals surface area contributed by atoms with Crippen molar-refractivity contribution in [1.29, 1.82) is 0 Å². The molecule has 1 fully saturated rings. The van der Waals surface area contributed by atoms with Crippen molar-refractivity contribution in [2.45, 2.75) is 32.7 Å². The van der Waals surface area contributed by atoms with Gasteiger partial charge >= 0.3 is 0 Å². The van der Waals surface area contributed by atoms with Crippen molar-refractivity contribution in [1.82, 2.24) is 15.1 Å². The fourth-order valence-electron chi connectivity index (χ4n) is 1.71. The van der Waals surface area contributed by atoms with E-state index in [1.807, 2.05) is 6.92 Å². The maximum Gasteiger partial charge on any atom is 0.205 e. The van der Waals surface area contributed by atoms with Crippen LogP contribution in [0.4, 0.5) is 5.13 Å². The van der Waals surface area contributed by atoms with E-state index in [2.05, 4.69) is 27.3 Å². The fourth-order valence-corrected chi connectivity index (χ4v) is 2.33. The van der Waals surface area contributed by atoms with E-state index in [0.29, 0.717) is 0 Å². The highest BCUT2D eigenvalue weighted by atomic mass is 32.1. The Morgan fingerprint density at radius 2 is 2.27 bits per heavy atom. The molecule has 5 heteroatoms. The molecule has 0 radical (unpaired) electrons. The highest BCUT2D eigenvalue weighted by Gasteiger charge is 2.27. The van der Waals surface area contributed by atoms with Crippen LogP contribution in [0.1, 0.15) is 24.8 Å². The molecular weight excluding hydrogens is 208 g/mol. The maximum atomic E-state index is 4.04. The highest BCUT2D eigenvalue weighted by Crippen LogP contribution is 2.26. The SMILES string of the molecule is CCN(CCNc1nnc(C)s1)C1CC1. The molecule has 0 unspecified atom stereocenters. The minimum atomic E-state index is 0.855. The van der Waals surface area contributed by atoms with Gasteiger partial charge in [-0.15, -0.1) is 10.2 Å². The van der Waals surface area contributed by atoms with Crippen LogP contribution in [-0.4, -0.2) is 40.8 Å². The molecule has 0 atom stereocenters. The van der Waals surface area contributed by atoms with Gasteiger partial charge in [0.05, 0.1) is 0 Å². The third-order valence-electron chi connectivity index (χ3n) is 2.67. The first-order valence-corrected chi connectivity index (χ1v) is 6.39. The van der Waals surface area contributed by atoms with E-state index in [1.165, 1.54) is 12.8 Å². The second-order valence-electron chi connectivity index (χ2n) is 3.91. The van der Waals surface area contributed by atoms with Gasteiger partial charge in [-0.2, -0.15) is 0 Å². The lowest BCUT2D eigenvalue weighted by Gasteiger charge is -2.19. The Bertz CT molecular complexity index is 308. The molecule has 1 heterocycles. The summed E-state index contributed by atoms with van der Waals surface area (Å²) in [6.07, 6.45) is 2.76. The van der Waals surface area contributed by atoms with Crippen molar-refractivity contribution in [3.8, 4) is 0 Å². The van der Waals surface area contributed by atoms with Gasteiger partial charge in [0.2, 0.25) is 5.13 Å². The van der Waals surface area contributed by atoms with Crippen LogP contribution in [0, 0.1) is 6.92 Å². The lowest BCUT2D eigenvalue weighted by Crippen LogP contribution is -2.30. The second kappa shape index (κ2) is 4.90. The minimum Gasteiger partial charge on any atom is -0.359 e. The predicted octanol–water partition coefficient (Wildman–Crippen LogP) is 1.74. The molecular formula is C10H18N4S. The van der Waals surface area contributed by atoms with Crippen LogP contribution >= 0.6 is 11.3 Å². The van der Waals surface area contributed by atoms with E-state index in [4.69, 9.17) is 0 Å². The minimum absolute atomic E-state index is 0.855. The summed E-state index contributed by atoms with van der Waals surface area (Å²) in [6.45, 7) is 7.44. The van der Waals surface area contributed by atoms with Crippen LogP contribution in [-0.2, 0) is 0 Å². The van der Waals surface area contributed by atoms with Gasteiger partial charge in [-0.3, -0.25) is 4.90 Å². The Morgan fingerprint density at radius 1 is 1.47 bits per heavy atom. The summed E-state index contributed by atoms with van der Waals surface area (Å²) >= 11 is 1.62. The van der Waals surface area contributed by atoms with Gasteiger partial charge in [-0.1, -0.05) is 18.3 Å². The number of nitrogens with one attached hydrogen (secondary N) is 1. The lowest BCUT2D eigenvalue weighted by molar-refractivity contribution is 0.289. The average Bonchev–Trinajstić information content (AvgIpc) is 2.98. The number of aryl methyl sites for hydroxylation is 1. The van der Waals surface area contributed by atoms with Crippen LogP contribution in [0.15, 0.2) is 0 Å². The van der Waals surface area contributed by atoms with Crippen LogP contribution in [0.3, 0.4) is 0 Å². The highest BCUT2D eigenvalue weighted by molar-refractivity contribution is 7.15. The van der Waals surface area contributed by atoms with Gasteiger partial charge in [0.1, 0.15) is 5.01 Å². The van der Waals surface area contributed by atoms with Crippen LogP contribution < -0.4 is 5.32 Å². The number of anilines is 1. The van der Waals surface area contributed by atoms with Crippen molar-refractivity contribution in [3.63, 3.8) is 0 Å². The van der Waals surface area contributed by atoms with E-state index >= 15 is 0 Å². The van der Waals surface area contributed by atoms with Gasteiger partial charge in [0.15, 0.2) is 0 Å². The fraction of sp³-hybridized carbons (Fsp3) is 0.800. The van der Waals surface area contributed by atoms with E-state index in [0.717, 1.165) is 35.8 Å². The summed E-state index contributed by atoms with van der Waals surface area (Å²) < 4.78 is 0. The van der Waals surface area contributed by atoms with E-state index in [-0.39, 0.29) is 0 Å². The summed E-state index contributed by atoms with van der Waals surface area (Å²) in [7, 11) is 0. The smallest absolute Gasteiger partial charge is 0.205 e. The third-order valence-corrected chi connectivity index (χ3v) is 3.47. The number of nitrogens with zero attached hydrogens (tertiary/aromatic N) is 3. The maximum absolute atomic E-state index is 4.04. The van der Waals surface area contributed by atoms with Crippen molar-refractivity contribution < 1.29 is 0 Å². The Hall–Kier alpha value is -0.680. The van der Waals surface area contributed by atoms with Crippen molar-refractivity contribution >= 4 is 16.5 Å². The normalized spacial score (nSPS) is 15.9. The predicted molar refractivity (Wildman–Crippen MR) is 63.4 cm³/mol. The largest absolute Gasteiger partial charge is 0.359 e. The van der Waals surface area contributed by atoms with Crippen molar-refractivity contribution in [2.24, 2.45) is 0 Å². The molecule has 4 nitrogen and oxygen atoms in total. The summed E-state index contributed by atoms with van der Waals surface area (Å²) in [6, 6.07) is 0.855. The van der Waals surface area contributed by atoms with Gasteiger partial charge < -0.3 is 5.32 Å². The zero-order chi connectivity index (χ0) is 10.7. The Kier molecular flexibility index (Phi) is 3.53. The van der Waals surface area contributed by atoms with Crippen LogP contribution in [0.25, 0.3) is 0 Å². The topological polar surface area (TPSA) is 41.0 Å². The van der Waals surface area contributed by atoms with Crippen molar-refractivity contribution in [2.75, 3.05) is 25.0 Å². The number of likely N-dealkylation sites (N-methyl/N-ethyl adjacent to an activating group) is 1. The van der Waals surface area contributed by atoms with E-state index in [1.54, 1.807) is 11.3 Å². The van der Waals surface area contributed by atoms with Gasteiger partial charge in [0, 0.05) is 19.1 Å². The standard InChI is InChI=1S/C10H18N4S/c1-3-14(9-4-5-9)7-6-11-10-13-12-8(2)15-10/h9H,3-7H2,1-2H3,(H,11,13). The third kappa shape index (κ3) is 3.14. The molecule has 1 aromatic heterocycles. The van der Waals surface area contributed by atoms with Crippen LogP contribution in [0.5, 0.6) is 0 Å². The summed E-state index contributed by atoms with van der Waals surface area (Å²) in [5.74, 6) is 0. The molecule has 0 aromatic carbocycles. The molecule has 0 amide bonds. The molecule has 1 aliphatic carbocycles. The Labute approximate surface area is 94.7 Å². The molecule has 1 saturated carbocycles. The van der Waals surface area contributed by atoms with E-state index in [9.17, 15) is 0 Å². The summed E-state index contributed by atoms with van der Waals surface area (Å²) in [5, 5.41) is 13.3. The Morgan fingerprint density at radius 3 is 2.80 bits per heavy atom. The number of aromatic nitrogens is 2. The number of hydrogen-bond acceptors (Lipinski definition) is 5. The molecule has 1 aliphatic rings. The summed E-state index contributed by atoms with van der Waals surface area (Å²) in [5.41, 5.74) is 0. The number of hydrogen-bond donors (Lipinski definition) is 1. The monoisotopic (exact) mass is 226 g/mol. The lowest BCUT2D eigenvalue weighted by atomic mass is 10.4. The first-order chi connectivity index (χ1) is 7.29. The van der Waals surface area contributed by atoms with Crippen molar-refractivity contribution in [3.05, 3.63) is 5.01 Å². The molecule has 0 bridgehead atoms. The van der Waals surface area contributed by atoms with E-state index < -0.39 is 0 Å². The van der Waals surface area contributed by atoms with Gasteiger partial charge in [0.25, 0.3) is 0 Å². The Balaban J connectivity index is 1.69. The first kappa shape index (κ1) is 10.8. The van der Waals surface area contributed by atoms with Gasteiger partial charge in [-0.05, 0) is 26.3 Å². The zero-order valence-electron chi connectivity index (χ0n) is 9.36. The second-order valence-corrected chi connectivity index (χ2v) is 5.09. The molecule has 0 spiro atoms. The van der Waals surface area contributed by atoms with Gasteiger partial charge in [-0.25, -0.2) is 0 Å². The number of rotatable bonds is 6. The van der Waals surface area contributed by atoms with Crippen LogP contribution in [0.2, 0.25) is 0 Å².